The smallest absolute Gasteiger partial charge is 0.220 e. The van der Waals surface area contributed by atoms with E-state index in [1.807, 2.05) is 13.0 Å². The van der Waals surface area contributed by atoms with Gasteiger partial charge in [-0.25, -0.2) is 4.39 Å². The third-order valence-electron chi connectivity index (χ3n) is 2.48. The minimum absolute atomic E-state index is 0.0304. The third kappa shape index (κ3) is 4.01. The first kappa shape index (κ1) is 12.7. The summed E-state index contributed by atoms with van der Waals surface area (Å²) in [6, 6.07) is 5.02. The van der Waals surface area contributed by atoms with Gasteiger partial charge < -0.3 is 5.32 Å². The molecule has 1 amide bonds. The maximum atomic E-state index is 13.2. The van der Waals surface area contributed by atoms with Crippen molar-refractivity contribution in [2.75, 3.05) is 0 Å². The Balaban J connectivity index is 2.42. The fraction of sp³-hybridized carbons (Fsp3) is 0.462. The zero-order valence-electron chi connectivity index (χ0n) is 9.85. The van der Waals surface area contributed by atoms with Gasteiger partial charge in [-0.1, -0.05) is 25.5 Å². The molecule has 1 aromatic rings. The Morgan fingerprint density at radius 2 is 2.19 bits per heavy atom. The minimum Gasteiger partial charge on any atom is -0.352 e. The molecular weight excluding hydrogens is 205 g/mol. The highest BCUT2D eigenvalue weighted by Crippen LogP contribution is 2.08. The van der Waals surface area contributed by atoms with Crippen LogP contribution in [0.15, 0.2) is 18.2 Å². The van der Waals surface area contributed by atoms with Crippen LogP contribution >= 0.6 is 0 Å². The van der Waals surface area contributed by atoms with E-state index in [2.05, 4.69) is 5.32 Å². The van der Waals surface area contributed by atoms with Gasteiger partial charge in [0.15, 0.2) is 0 Å². The summed E-state index contributed by atoms with van der Waals surface area (Å²) in [5, 5.41) is 2.77. The van der Waals surface area contributed by atoms with E-state index in [1.54, 1.807) is 13.0 Å². The average Bonchev–Trinajstić information content (AvgIpc) is 2.28. The predicted octanol–water partition coefficient (Wildman–Crippen LogP) is 2.94. The lowest BCUT2D eigenvalue weighted by Crippen LogP contribution is -2.22. The normalized spacial score (nSPS) is 10.2. The molecule has 1 N–H and O–H groups in total. The maximum absolute atomic E-state index is 13.2. The molecule has 0 saturated carbocycles. The van der Waals surface area contributed by atoms with Crippen molar-refractivity contribution in [3.05, 3.63) is 35.1 Å². The van der Waals surface area contributed by atoms with Crippen LogP contribution < -0.4 is 5.32 Å². The molecule has 0 heterocycles. The molecule has 0 aromatic heterocycles. The van der Waals surface area contributed by atoms with Crippen LogP contribution in [0, 0.1) is 12.7 Å². The quantitative estimate of drug-likeness (QED) is 0.817. The monoisotopic (exact) mass is 223 g/mol. The second-order valence-electron chi connectivity index (χ2n) is 3.96. The molecule has 0 bridgehead atoms. The number of hydrogen-bond acceptors (Lipinski definition) is 1. The summed E-state index contributed by atoms with van der Waals surface area (Å²) in [5.41, 5.74) is 1.43. The van der Waals surface area contributed by atoms with Gasteiger partial charge in [0, 0.05) is 13.0 Å². The maximum Gasteiger partial charge on any atom is 0.220 e. The minimum atomic E-state index is -0.222. The number of halogens is 1. The van der Waals surface area contributed by atoms with Crippen LogP contribution in [0.1, 0.15) is 37.3 Å². The summed E-state index contributed by atoms with van der Waals surface area (Å²) < 4.78 is 13.2. The molecule has 0 aliphatic heterocycles. The van der Waals surface area contributed by atoms with Gasteiger partial charge in [-0.15, -0.1) is 0 Å². The molecule has 0 atom stereocenters. The molecular formula is C13H18FNO. The summed E-state index contributed by atoms with van der Waals surface area (Å²) in [7, 11) is 0. The van der Waals surface area contributed by atoms with E-state index >= 15 is 0 Å². The molecule has 1 rings (SSSR count). The number of benzene rings is 1. The SMILES string of the molecule is CCCCC(=O)NCc1ccc(C)c(F)c1. The Labute approximate surface area is 95.9 Å². The Kier molecular flexibility index (Phi) is 4.96. The summed E-state index contributed by atoms with van der Waals surface area (Å²) in [6.07, 6.45) is 2.45. The first-order valence-electron chi connectivity index (χ1n) is 5.65. The number of hydrogen-bond donors (Lipinski definition) is 1. The number of nitrogens with one attached hydrogen (secondary N) is 1. The van der Waals surface area contributed by atoms with Crippen molar-refractivity contribution >= 4 is 5.91 Å². The molecule has 88 valence electrons. The first-order valence-corrected chi connectivity index (χ1v) is 5.65. The molecule has 3 heteroatoms. The highest BCUT2D eigenvalue weighted by atomic mass is 19.1. The van der Waals surface area contributed by atoms with Crippen LogP contribution in [0.3, 0.4) is 0 Å². The van der Waals surface area contributed by atoms with Crippen LogP contribution in [-0.4, -0.2) is 5.91 Å². The van der Waals surface area contributed by atoms with Crippen molar-refractivity contribution in [2.45, 2.75) is 39.7 Å². The van der Waals surface area contributed by atoms with Gasteiger partial charge in [0.05, 0.1) is 0 Å². The molecule has 1 aromatic carbocycles. The summed E-state index contributed by atoms with van der Waals surface area (Å²) in [6.45, 7) is 4.17. The molecule has 0 radical (unpaired) electrons. The summed E-state index contributed by atoms with van der Waals surface area (Å²) in [4.78, 5) is 11.3. The van der Waals surface area contributed by atoms with Gasteiger partial charge in [0.2, 0.25) is 5.91 Å². The van der Waals surface area contributed by atoms with Crippen LogP contribution in [0.5, 0.6) is 0 Å². The topological polar surface area (TPSA) is 29.1 Å². The second kappa shape index (κ2) is 6.26. The molecule has 0 unspecified atom stereocenters. The fourth-order valence-corrected chi connectivity index (χ4v) is 1.37. The van der Waals surface area contributed by atoms with Crippen molar-refractivity contribution in [3.8, 4) is 0 Å². The number of carbonyl (C=O) groups excluding carboxylic acids is 1. The fourth-order valence-electron chi connectivity index (χ4n) is 1.37. The number of carbonyl (C=O) groups is 1. The van der Waals surface area contributed by atoms with Gasteiger partial charge in [0.1, 0.15) is 5.82 Å². The lowest BCUT2D eigenvalue weighted by atomic mass is 10.1. The first-order chi connectivity index (χ1) is 7.63. The molecule has 0 saturated heterocycles. The molecule has 0 fully saturated rings. The van der Waals surface area contributed by atoms with Gasteiger partial charge >= 0.3 is 0 Å². The van der Waals surface area contributed by atoms with Crippen molar-refractivity contribution < 1.29 is 9.18 Å². The van der Waals surface area contributed by atoms with E-state index < -0.39 is 0 Å². The zero-order chi connectivity index (χ0) is 12.0. The van der Waals surface area contributed by atoms with Crippen LogP contribution in [0.25, 0.3) is 0 Å². The molecule has 0 spiro atoms. The van der Waals surface area contributed by atoms with E-state index in [-0.39, 0.29) is 11.7 Å². The zero-order valence-corrected chi connectivity index (χ0v) is 9.85. The Hall–Kier alpha value is -1.38. The van der Waals surface area contributed by atoms with Gasteiger partial charge in [-0.3, -0.25) is 4.79 Å². The van der Waals surface area contributed by atoms with Crippen molar-refractivity contribution in [2.24, 2.45) is 0 Å². The lowest BCUT2D eigenvalue weighted by molar-refractivity contribution is -0.121. The number of aryl methyl sites for hydroxylation is 1. The average molecular weight is 223 g/mol. The molecule has 16 heavy (non-hydrogen) atoms. The van der Waals surface area contributed by atoms with E-state index in [0.29, 0.717) is 18.5 Å². The Bertz CT molecular complexity index is 363. The third-order valence-corrected chi connectivity index (χ3v) is 2.48. The summed E-state index contributed by atoms with van der Waals surface area (Å²) >= 11 is 0. The van der Waals surface area contributed by atoms with E-state index in [1.165, 1.54) is 6.07 Å². The van der Waals surface area contributed by atoms with Crippen LogP contribution in [0.4, 0.5) is 4.39 Å². The highest BCUT2D eigenvalue weighted by molar-refractivity contribution is 5.75. The molecule has 0 aliphatic carbocycles. The van der Waals surface area contributed by atoms with Crippen LogP contribution in [0.2, 0.25) is 0 Å². The van der Waals surface area contributed by atoms with Crippen LogP contribution in [-0.2, 0) is 11.3 Å². The van der Waals surface area contributed by atoms with Crippen molar-refractivity contribution in [1.82, 2.24) is 5.32 Å². The number of rotatable bonds is 5. The van der Waals surface area contributed by atoms with Gasteiger partial charge in [-0.2, -0.15) is 0 Å². The lowest BCUT2D eigenvalue weighted by Gasteiger charge is -2.05. The Morgan fingerprint density at radius 3 is 2.81 bits per heavy atom. The van der Waals surface area contributed by atoms with Gasteiger partial charge in [0.25, 0.3) is 0 Å². The standard InChI is InChI=1S/C13H18FNO/c1-3-4-5-13(16)15-9-11-7-6-10(2)12(14)8-11/h6-8H,3-5,9H2,1-2H3,(H,15,16). The summed E-state index contributed by atoms with van der Waals surface area (Å²) in [5.74, 6) is -0.192. The molecule has 0 aliphatic rings. The van der Waals surface area contributed by atoms with E-state index in [4.69, 9.17) is 0 Å². The second-order valence-corrected chi connectivity index (χ2v) is 3.96. The van der Waals surface area contributed by atoms with E-state index in [0.717, 1.165) is 18.4 Å². The number of unbranched alkanes of at least 4 members (excludes halogenated alkanes) is 1. The predicted molar refractivity (Wildman–Crippen MR) is 62.5 cm³/mol. The van der Waals surface area contributed by atoms with Crippen molar-refractivity contribution in [1.29, 1.82) is 0 Å². The molecule has 2 nitrogen and oxygen atoms in total. The largest absolute Gasteiger partial charge is 0.352 e. The van der Waals surface area contributed by atoms with Crippen molar-refractivity contribution in [3.63, 3.8) is 0 Å². The number of amides is 1. The van der Waals surface area contributed by atoms with Gasteiger partial charge in [-0.05, 0) is 30.5 Å². The highest BCUT2D eigenvalue weighted by Gasteiger charge is 2.02. The van der Waals surface area contributed by atoms with E-state index in [9.17, 15) is 9.18 Å². The Morgan fingerprint density at radius 1 is 1.44 bits per heavy atom.